The lowest BCUT2D eigenvalue weighted by molar-refractivity contribution is -0.136. The van der Waals surface area contributed by atoms with E-state index in [-0.39, 0.29) is 12.3 Å². The van der Waals surface area contributed by atoms with Gasteiger partial charge in [0.2, 0.25) is 5.91 Å². The number of allylic oxidation sites excluding steroid dienone is 1. The number of hydrogen-bond donors (Lipinski definition) is 1. The fourth-order valence-corrected chi connectivity index (χ4v) is 5.19. The minimum atomic E-state index is -0.616. The van der Waals surface area contributed by atoms with Crippen molar-refractivity contribution in [3.05, 3.63) is 76.2 Å². The van der Waals surface area contributed by atoms with Crippen LogP contribution in [0.4, 0.5) is 0 Å². The van der Waals surface area contributed by atoms with Crippen LogP contribution in [0.2, 0.25) is 0 Å². The molecule has 36 heavy (non-hydrogen) atoms. The Morgan fingerprint density at radius 2 is 1.94 bits per heavy atom. The van der Waals surface area contributed by atoms with Crippen molar-refractivity contribution < 1.29 is 23.8 Å². The lowest BCUT2D eigenvalue weighted by atomic mass is 9.92. The Balaban J connectivity index is 1.71. The van der Waals surface area contributed by atoms with Crippen molar-refractivity contribution in [1.29, 1.82) is 0 Å². The van der Waals surface area contributed by atoms with E-state index in [2.05, 4.69) is 10.3 Å². The van der Waals surface area contributed by atoms with Crippen LogP contribution in [0.1, 0.15) is 37.1 Å². The van der Waals surface area contributed by atoms with E-state index in [1.807, 2.05) is 47.6 Å². The van der Waals surface area contributed by atoms with Crippen LogP contribution in [0.25, 0.3) is 0 Å². The second-order valence-electron chi connectivity index (χ2n) is 7.96. The van der Waals surface area contributed by atoms with E-state index in [0.717, 1.165) is 5.69 Å². The van der Waals surface area contributed by atoms with Crippen molar-refractivity contribution in [3.63, 3.8) is 0 Å². The maximum absolute atomic E-state index is 13.1. The number of esters is 1. The number of nitrogens with one attached hydrogen (secondary N) is 1. The molecule has 1 amide bonds. The predicted molar refractivity (Wildman–Crippen MR) is 137 cm³/mol. The van der Waals surface area contributed by atoms with Gasteiger partial charge in [0.25, 0.3) is 0 Å². The van der Waals surface area contributed by atoms with Crippen LogP contribution in [-0.4, -0.2) is 48.3 Å². The zero-order valence-electron chi connectivity index (χ0n) is 20.6. The van der Waals surface area contributed by atoms with E-state index in [0.29, 0.717) is 52.2 Å². The number of ether oxygens (including phenoxy) is 3. The number of nitrogens with zero attached hydrogens (tertiary/aromatic N) is 3. The molecule has 1 N–H and O–H groups in total. The van der Waals surface area contributed by atoms with Crippen LogP contribution in [0, 0.1) is 0 Å². The normalized spacial score (nSPS) is 16.7. The van der Waals surface area contributed by atoms with Crippen molar-refractivity contribution >= 4 is 28.8 Å². The number of thioether (sulfide) groups is 1. The number of aromatic nitrogens is 1. The maximum Gasteiger partial charge on any atom is 0.338 e. The van der Waals surface area contributed by atoms with Crippen LogP contribution in [0.5, 0.6) is 11.5 Å². The van der Waals surface area contributed by atoms with Gasteiger partial charge in [0.15, 0.2) is 16.7 Å². The summed E-state index contributed by atoms with van der Waals surface area (Å²) >= 11 is 1.42. The van der Waals surface area contributed by atoms with Gasteiger partial charge in [-0.05, 0) is 30.0 Å². The van der Waals surface area contributed by atoms with E-state index in [1.165, 1.54) is 18.9 Å². The molecule has 1 aromatic carbocycles. The molecule has 0 fully saturated rings. The highest BCUT2D eigenvalue weighted by Crippen LogP contribution is 2.49. The molecule has 1 atom stereocenters. The van der Waals surface area contributed by atoms with Gasteiger partial charge in [-0.1, -0.05) is 36.9 Å². The average Bonchev–Trinajstić information content (AvgIpc) is 3.32. The van der Waals surface area contributed by atoms with E-state index in [9.17, 15) is 9.59 Å². The van der Waals surface area contributed by atoms with E-state index in [1.54, 1.807) is 26.5 Å². The highest BCUT2D eigenvalue weighted by atomic mass is 32.2. The number of carbonyl (C=O) groups is 2. The Kier molecular flexibility index (Phi) is 7.94. The van der Waals surface area contributed by atoms with Crippen LogP contribution in [-0.2, 0) is 20.9 Å². The summed E-state index contributed by atoms with van der Waals surface area (Å²) in [6.07, 6.45) is 2.31. The summed E-state index contributed by atoms with van der Waals surface area (Å²) in [5.41, 5.74) is 3.22. The third-order valence-corrected chi connectivity index (χ3v) is 6.78. The first kappa shape index (κ1) is 25.3. The highest BCUT2D eigenvalue weighted by Gasteiger charge is 2.43. The Morgan fingerprint density at radius 3 is 2.61 bits per heavy atom. The zero-order chi connectivity index (χ0) is 25.7. The van der Waals surface area contributed by atoms with Gasteiger partial charge >= 0.3 is 5.97 Å². The van der Waals surface area contributed by atoms with Crippen LogP contribution >= 0.6 is 11.8 Å². The number of amides is 1. The molecule has 3 heterocycles. The fraction of sp³-hybridized carbons (Fsp3) is 0.308. The number of carbonyl (C=O) groups excluding carboxylic acids is 2. The quantitative estimate of drug-likeness (QED) is 0.508. The number of hydrogen-bond acceptors (Lipinski definition) is 9. The predicted octanol–water partition coefficient (Wildman–Crippen LogP) is 3.94. The highest BCUT2D eigenvalue weighted by molar-refractivity contribution is 8.16. The molecule has 1 aromatic heterocycles. The molecule has 0 saturated carbocycles. The molecular formula is C26H28N4O5S. The number of para-hydroxylation sites is 1. The first-order chi connectivity index (χ1) is 17.5. The van der Waals surface area contributed by atoms with Crippen LogP contribution in [0.3, 0.4) is 0 Å². The Labute approximate surface area is 214 Å². The summed E-state index contributed by atoms with van der Waals surface area (Å²) in [6.45, 7) is 2.26. The molecule has 4 rings (SSSR count). The lowest BCUT2D eigenvalue weighted by Gasteiger charge is -2.37. The average molecular weight is 509 g/mol. The number of benzene rings is 1. The second-order valence-corrected chi connectivity index (χ2v) is 8.79. The maximum atomic E-state index is 13.1. The monoisotopic (exact) mass is 508 g/mol. The number of aliphatic imine (C=N–C) groups is 1. The smallest absolute Gasteiger partial charge is 0.338 e. The topological polar surface area (TPSA) is 102 Å². The molecule has 2 aliphatic heterocycles. The van der Waals surface area contributed by atoms with Crippen molar-refractivity contribution in [1.82, 2.24) is 15.2 Å². The minimum Gasteiger partial charge on any atom is -0.493 e. The zero-order valence-corrected chi connectivity index (χ0v) is 21.4. The van der Waals surface area contributed by atoms with Gasteiger partial charge < -0.3 is 24.4 Å². The summed E-state index contributed by atoms with van der Waals surface area (Å²) in [5.74, 6) is 0.376. The van der Waals surface area contributed by atoms with Crippen molar-refractivity contribution in [2.45, 2.75) is 32.4 Å². The summed E-state index contributed by atoms with van der Waals surface area (Å²) < 4.78 is 16.4. The van der Waals surface area contributed by atoms with E-state index >= 15 is 0 Å². The molecule has 0 aliphatic carbocycles. The molecule has 0 bridgehead atoms. The summed E-state index contributed by atoms with van der Waals surface area (Å²) in [5, 5.41) is 5.49. The first-order valence-corrected chi connectivity index (χ1v) is 12.3. The SMILES string of the molecule is CCC1=C(C(=O)OC)C(c2cccc(OC)c2OC)N2C(CC(=O)NCc3ccccn3)=CSC2=N1. The number of amidine groups is 1. The first-order valence-electron chi connectivity index (χ1n) is 11.4. The minimum absolute atomic E-state index is 0.0948. The van der Waals surface area contributed by atoms with Gasteiger partial charge in [0.1, 0.15) is 0 Å². The Bertz CT molecular complexity index is 1240. The van der Waals surface area contributed by atoms with Gasteiger partial charge in [0.05, 0.1) is 57.3 Å². The molecule has 188 valence electrons. The second kappa shape index (κ2) is 11.3. The van der Waals surface area contributed by atoms with E-state index < -0.39 is 12.0 Å². The molecule has 0 saturated heterocycles. The third-order valence-electron chi connectivity index (χ3n) is 5.89. The number of methoxy groups -OCH3 is 3. The van der Waals surface area contributed by atoms with Gasteiger partial charge in [0, 0.05) is 17.5 Å². The number of pyridine rings is 1. The van der Waals surface area contributed by atoms with E-state index in [4.69, 9.17) is 19.2 Å². The van der Waals surface area contributed by atoms with Crippen molar-refractivity contribution in [2.75, 3.05) is 21.3 Å². The summed E-state index contributed by atoms with van der Waals surface area (Å²) in [7, 11) is 4.47. The van der Waals surface area contributed by atoms with Crippen LogP contribution in [0.15, 0.2) is 70.0 Å². The summed E-state index contributed by atoms with van der Waals surface area (Å²) in [4.78, 5) is 36.9. The molecule has 2 aliphatic rings. The van der Waals surface area contributed by atoms with Gasteiger partial charge in [-0.15, -0.1) is 0 Å². The molecule has 0 spiro atoms. The number of fused-ring (bicyclic) bond motifs is 1. The molecule has 1 unspecified atom stereocenters. The molecule has 0 radical (unpaired) electrons. The van der Waals surface area contributed by atoms with Gasteiger partial charge in [-0.2, -0.15) is 0 Å². The van der Waals surface area contributed by atoms with Gasteiger partial charge in [-0.25, -0.2) is 9.79 Å². The Hall–Kier alpha value is -3.79. The largest absolute Gasteiger partial charge is 0.493 e. The van der Waals surface area contributed by atoms with Crippen LogP contribution < -0.4 is 14.8 Å². The Morgan fingerprint density at radius 1 is 1.11 bits per heavy atom. The third kappa shape index (κ3) is 4.94. The lowest BCUT2D eigenvalue weighted by Crippen LogP contribution is -2.38. The van der Waals surface area contributed by atoms with Crippen molar-refractivity contribution in [3.8, 4) is 11.5 Å². The summed E-state index contributed by atoms with van der Waals surface area (Å²) in [6, 6.07) is 10.5. The van der Waals surface area contributed by atoms with Crippen molar-refractivity contribution in [2.24, 2.45) is 4.99 Å². The van der Waals surface area contributed by atoms with Gasteiger partial charge in [-0.3, -0.25) is 9.78 Å². The molecular weight excluding hydrogens is 480 g/mol. The molecule has 9 nitrogen and oxygen atoms in total. The molecule has 10 heteroatoms. The number of rotatable bonds is 9. The molecule has 2 aromatic rings. The standard InChI is InChI=1S/C26H28N4O5S/c1-5-19-22(25(32)35-4)23(18-10-8-11-20(33-2)24(18)34-3)30-17(15-36-26(30)29-19)13-21(31)28-14-16-9-6-7-12-27-16/h6-12,15,23H,5,13-14H2,1-4H3,(H,28,31). The fourth-order valence-electron chi connectivity index (χ4n) is 4.25.